The molecule has 1 aromatic carbocycles. The molecule has 20 heavy (non-hydrogen) atoms. The first kappa shape index (κ1) is 14.7. The normalized spacial score (nSPS) is 10.8. The highest BCUT2D eigenvalue weighted by Gasteiger charge is 2.11. The molecule has 0 aliphatic heterocycles. The van der Waals surface area contributed by atoms with Gasteiger partial charge in [0.25, 0.3) is 0 Å². The summed E-state index contributed by atoms with van der Waals surface area (Å²) in [5.74, 6) is -0.0180. The maximum absolute atomic E-state index is 10.6. The monoisotopic (exact) mass is 290 g/mol. The molecule has 0 amide bonds. The molecule has 1 heterocycles. The zero-order chi connectivity index (χ0) is 14.7. The Bertz CT molecular complexity index is 635. The Morgan fingerprint density at radius 3 is 2.75 bits per heavy atom. The second-order valence-corrected chi connectivity index (χ2v) is 5.85. The first-order valence-corrected chi connectivity index (χ1v) is 7.52. The fraction of sp³-hybridized carbons (Fsp3) is 0.333. The number of rotatable bonds is 5. The summed E-state index contributed by atoms with van der Waals surface area (Å²) in [7, 11) is 1.88. The summed E-state index contributed by atoms with van der Waals surface area (Å²) in [6, 6.07) is 6.28. The Morgan fingerprint density at radius 2 is 2.10 bits per heavy atom. The number of carboxylic acids is 1. The van der Waals surface area contributed by atoms with Crippen molar-refractivity contribution in [2.24, 2.45) is 7.05 Å². The minimum Gasteiger partial charge on any atom is -0.481 e. The molecule has 2 aromatic rings. The van der Waals surface area contributed by atoms with Crippen molar-refractivity contribution in [2.75, 3.05) is 5.75 Å². The summed E-state index contributed by atoms with van der Waals surface area (Å²) in [4.78, 5) is 10.6. The molecule has 0 bridgehead atoms. The van der Waals surface area contributed by atoms with E-state index in [0.29, 0.717) is 5.75 Å². The van der Waals surface area contributed by atoms with Crippen LogP contribution in [0.3, 0.4) is 0 Å². The van der Waals surface area contributed by atoms with Gasteiger partial charge in [0.05, 0.1) is 11.4 Å². The number of hydrogen-bond donors (Lipinski definition) is 1. The summed E-state index contributed by atoms with van der Waals surface area (Å²) < 4.78 is 1.78. The molecule has 4 nitrogen and oxygen atoms in total. The van der Waals surface area contributed by atoms with Gasteiger partial charge in [-0.25, -0.2) is 0 Å². The van der Waals surface area contributed by atoms with Crippen LogP contribution < -0.4 is 0 Å². The first-order valence-electron chi connectivity index (χ1n) is 6.37. The number of hydrogen-bond acceptors (Lipinski definition) is 3. The van der Waals surface area contributed by atoms with E-state index >= 15 is 0 Å². The van der Waals surface area contributed by atoms with Gasteiger partial charge in [0, 0.05) is 30.1 Å². The highest BCUT2D eigenvalue weighted by molar-refractivity contribution is 7.99. The van der Waals surface area contributed by atoms with Gasteiger partial charge in [0.2, 0.25) is 0 Å². The van der Waals surface area contributed by atoms with Gasteiger partial charge in [-0.3, -0.25) is 9.48 Å². The summed E-state index contributed by atoms with van der Waals surface area (Å²) in [5, 5.41) is 13.2. The summed E-state index contributed by atoms with van der Waals surface area (Å²) in [6.07, 6.45) is 1.96. The van der Waals surface area contributed by atoms with E-state index in [1.54, 1.807) is 4.68 Å². The van der Waals surface area contributed by atoms with Crippen LogP contribution in [0.15, 0.2) is 24.4 Å². The molecule has 0 aliphatic rings. The predicted octanol–water partition coefficient (Wildman–Crippen LogP) is 3.02. The van der Waals surface area contributed by atoms with Crippen LogP contribution in [-0.2, 0) is 17.6 Å². The van der Waals surface area contributed by atoms with Gasteiger partial charge >= 0.3 is 5.97 Å². The number of aliphatic carboxylic acids is 1. The topological polar surface area (TPSA) is 55.1 Å². The molecular formula is C15H18N2O2S. The minimum atomic E-state index is -0.786. The van der Waals surface area contributed by atoms with Crippen LogP contribution in [0.2, 0.25) is 0 Å². The average Bonchev–Trinajstić information content (AvgIpc) is 2.73. The number of benzene rings is 1. The van der Waals surface area contributed by atoms with Crippen LogP contribution in [0.5, 0.6) is 0 Å². The quantitative estimate of drug-likeness (QED) is 0.919. The van der Waals surface area contributed by atoms with Gasteiger partial charge in [-0.15, -0.1) is 11.8 Å². The maximum Gasteiger partial charge on any atom is 0.313 e. The Labute approximate surface area is 122 Å². The lowest BCUT2D eigenvalue weighted by Gasteiger charge is -2.05. The molecule has 0 fully saturated rings. The number of nitrogens with zero attached hydrogens (tertiary/aromatic N) is 2. The standard InChI is InChI=1S/C15H18N2O2S/c1-10-4-5-12(6-11(10)2)15-13(7-17(3)16-15)8-20-9-14(18)19/h4-7H,8-9H2,1-3H3,(H,18,19). The zero-order valence-corrected chi connectivity index (χ0v) is 12.7. The SMILES string of the molecule is Cc1ccc(-c2nn(C)cc2CSCC(=O)O)cc1C. The molecule has 0 spiro atoms. The van der Waals surface area contributed by atoms with Crippen molar-refractivity contribution in [3.63, 3.8) is 0 Å². The highest BCUT2D eigenvalue weighted by Crippen LogP contribution is 2.26. The second kappa shape index (κ2) is 6.13. The Balaban J connectivity index is 2.26. The Hall–Kier alpha value is -1.75. The zero-order valence-electron chi connectivity index (χ0n) is 11.9. The number of thioether (sulfide) groups is 1. The van der Waals surface area contributed by atoms with Gasteiger partial charge in [0.1, 0.15) is 0 Å². The molecule has 0 radical (unpaired) electrons. The first-order chi connectivity index (χ1) is 9.47. The molecule has 0 atom stereocenters. The largest absolute Gasteiger partial charge is 0.481 e. The van der Waals surface area contributed by atoms with Crippen LogP contribution in [0.1, 0.15) is 16.7 Å². The molecule has 5 heteroatoms. The fourth-order valence-electron chi connectivity index (χ4n) is 2.02. The maximum atomic E-state index is 10.6. The van der Waals surface area contributed by atoms with Crippen molar-refractivity contribution in [2.45, 2.75) is 19.6 Å². The van der Waals surface area contributed by atoms with E-state index in [1.165, 1.54) is 22.9 Å². The van der Waals surface area contributed by atoms with Crippen molar-refractivity contribution in [3.8, 4) is 11.3 Å². The van der Waals surface area contributed by atoms with Crippen LogP contribution in [0, 0.1) is 13.8 Å². The smallest absolute Gasteiger partial charge is 0.313 e. The third kappa shape index (κ3) is 3.42. The number of carbonyl (C=O) groups is 1. The van der Waals surface area contributed by atoms with E-state index in [0.717, 1.165) is 16.8 Å². The second-order valence-electron chi connectivity index (χ2n) is 4.86. The summed E-state index contributed by atoms with van der Waals surface area (Å²) in [6.45, 7) is 4.17. The molecule has 0 saturated carbocycles. The van der Waals surface area contributed by atoms with Crippen molar-refractivity contribution in [3.05, 3.63) is 41.1 Å². The van der Waals surface area contributed by atoms with Gasteiger partial charge in [-0.1, -0.05) is 12.1 Å². The molecule has 1 aromatic heterocycles. The lowest BCUT2D eigenvalue weighted by Crippen LogP contribution is -1.98. The van der Waals surface area contributed by atoms with E-state index in [2.05, 4.69) is 37.1 Å². The van der Waals surface area contributed by atoms with E-state index in [9.17, 15) is 4.79 Å². The predicted molar refractivity (Wildman–Crippen MR) is 81.9 cm³/mol. The van der Waals surface area contributed by atoms with Crippen LogP contribution in [0.4, 0.5) is 0 Å². The van der Waals surface area contributed by atoms with Crippen LogP contribution >= 0.6 is 11.8 Å². The highest BCUT2D eigenvalue weighted by atomic mass is 32.2. The van der Waals surface area contributed by atoms with Crippen LogP contribution in [-0.4, -0.2) is 26.6 Å². The molecule has 2 rings (SSSR count). The minimum absolute atomic E-state index is 0.112. The summed E-state index contributed by atoms with van der Waals surface area (Å²) >= 11 is 1.39. The van der Waals surface area contributed by atoms with Crippen molar-refractivity contribution in [1.82, 2.24) is 9.78 Å². The molecular weight excluding hydrogens is 272 g/mol. The number of aromatic nitrogens is 2. The molecule has 0 saturated heterocycles. The van der Waals surface area contributed by atoms with Crippen molar-refractivity contribution >= 4 is 17.7 Å². The molecule has 106 valence electrons. The number of aryl methyl sites for hydroxylation is 3. The van der Waals surface area contributed by atoms with Gasteiger partial charge < -0.3 is 5.11 Å². The average molecular weight is 290 g/mol. The lowest BCUT2D eigenvalue weighted by molar-refractivity contribution is -0.133. The van der Waals surface area contributed by atoms with E-state index in [1.807, 2.05) is 13.2 Å². The van der Waals surface area contributed by atoms with Gasteiger partial charge in [0.15, 0.2) is 0 Å². The molecule has 0 aliphatic carbocycles. The molecule has 1 N–H and O–H groups in total. The fourth-order valence-corrected chi connectivity index (χ4v) is 2.73. The van der Waals surface area contributed by atoms with E-state index in [4.69, 9.17) is 5.11 Å². The third-order valence-corrected chi connectivity index (χ3v) is 4.13. The number of carboxylic acid groups (broad SMARTS) is 1. The van der Waals surface area contributed by atoms with Crippen LogP contribution in [0.25, 0.3) is 11.3 Å². The van der Waals surface area contributed by atoms with Crippen molar-refractivity contribution < 1.29 is 9.90 Å². The van der Waals surface area contributed by atoms with E-state index < -0.39 is 5.97 Å². The summed E-state index contributed by atoms with van der Waals surface area (Å²) in [5.41, 5.74) is 5.58. The van der Waals surface area contributed by atoms with Crippen molar-refractivity contribution in [1.29, 1.82) is 0 Å². The Kier molecular flexibility index (Phi) is 4.49. The van der Waals surface area contributed by atoms with Gasteiger partial charge in [-0.05, 0) is 31.0 Å². The Morgan fingerprint density at radius 1 is 1.35 bits per heavy atom. The molecule has 0 unspecified atom stereocenters. The lowest BCUT2D eigenvalue weighted by atomic mass is 10.0. The van der Waals surface area contributed by atoms with Gasteiger partial charge in [-0.2, -0.15) is 5.10 Å². The van der Waals surface area contributed by atoms with E-state index in [-0.39, 0.29) is 5.75 Å². The third-order valence-electron chi connectivity index (χ3n) is 3.17.